The first-order valence-corrected chi connectivity index (χ1v) is 11.6. The molecule has 9 heteroatoms. The Morgan fingerprint density at radius 3 is 2.35 bits per heavy atom. The van der Waals surface area contributed by atoms with E-state index in [1.807, 2.05) is 19.3 Å². The molecule has 0 aromatic heterocycles. The second kappa shape index (κ2) is 7.13. The Balaban J connectivity index is 1.57. The molecular weight excluding hydrogens is 420 g/mol. The van der Waals surface area contributed by atoms with Crippen LogP contribution in [0.15, 0.2) is 36.4 Å². The lowest BCUT2D eigenvalue weighted by molar-refractivity contribution is -0.128. The van der Waals surface area contributed by atoms with Crippen LogP contribution in [0.1, 0.15) is 53.8 Å². The molecule has 2 aromatic rings. The van der Waals surface area contributed by atoms with Crippen molar-refractivity contribution in [2.75, 3.05) is 5.75 Å². The van der Waals surface area contributed by atoms with Gasteiger partial charge in [-0.15, -0.1) is 4.28 Å². The van der Waals surface area contributed by atoms with E-state index in [1.54, 1.807) is 24.3 Å². The van der Waals surface area contributed by atoms with Gasteiger partial charge in [0.25, 0.3) is 16.0 Å². The Labute approximate surface area is 180 Å². The molecule has 2 saturated carbocycles. The summed E-state index contributed by atoms with van der Waals surface area (Å²) in [5, 5.41) is 0.904. The van der Waals surface area contributed by atoms with Gasteiger partial charge in [-0.2, -0.15) is 8.42 Å². The van der Waals surface area contributed by atoms with Gasteiger partial charge < -0.3 is 5.73 Å². The molecule has 8 nitrogen and oxygen atoms in total. The van der Waals surface area contributed by atoms with Gasteiger partial charge in [-0.05, 0) is 41.7 Å². The highest BCUT2D eigenvalue weighted by Gasteiger charge is 2.65. The minimum Gasteiger partial charge on any atom is -0.366 e. The Morgan fingerprint density at radius 2 is 1.81 bits per heavy atom. The highest BCUT2D eigenvalue weighted by Crippen LogP contribution is 2.64. The molecule has 0 radical (unpaired) electrons. The number of amides is 2. The van der Waals surface area contributed by atoms with Crippen molar-refractivity contribution >= 4 is 38.5 Å². The van der Waals surface area contributed by atoms with Gasteiger partial charge in [0, 0.05) is 17.4 Å². The molecular formula is C22H24N2O6S. The molecule has 2 aliphatic carbocycles. The van der Waals surface area contributed by atoms with E-state index in [2.05, 4.69) is 0 Å². The summed E-state index contributed by atoms with van der Waals surface area (Å²) in [7, 11) is -4.24. The zero-order valence-electron chi connectivity index (χ0n) is 17.3. The molecule has 2 atom stereocenters. The third-order valence-electron chi connectivity index (χ3n) is 7.24. The quantitative estimate of drug-likeness (QED) is 0.657. The van der Waals surface area contributed by atoms with Crippen LogP contribution in [0.5, 0.6) is 0 Å². The van der Waals surface area contributed by atoms with E-state index in [1.165, 1.54) is 12.1 Å². The Bertz CT molecular complexity index is 1210. The number of carbonyl (C=O) groups excluding carboxylic acids is 3. The van der Waals surface area contributed by atoms with Crippen LogP contribution in [0.4, 0.5) is 0 Å². The minimum absolute atomic E-state index is 0.0541. The van der Waals surface area contributed by atoms with Gasteiger partial charge in [0.15, 0.2) is 0 Å². The van der Waals surface area contributed by atoms with Gasteiger partial charge in [-0.3, -0.25) is 14.4 Å². The lowest BCUT2D eigenvalue weighted by Gasteiger charge is -2.35. The van der Waals surface area contributed by atoms with Crippen molar-refractivity contribution in [1.29, 1.82) is 0 Å². The molecule has 2 bridgehead atoms. The van der Waals surface area contributed by atoms with Crippen LogP contribution >= 0.6 is 0 Å². The molecule has 3 N–H and O–H groups in total. The van der Waals surface area contributed by atoms with E-state index in [4.69, 9.17) is 10.0 Å². The molecule has 4 rings (SSSR count). The number of hydrogen-bond acceptors (Lipinski definition) is 6. The molecule has 2 aromatic carbocycles. The van der Waals surface area contributed by atoms with E-state index in [0.29, 0.717) is 23.6 Å². The molecule has 0 spiro atoms. The zero-order chi connectivity index (χ0) is 22.6. The number of nitrogens with two attached hydrogens (primary N) is 1. The molecule has 0 saturated heterocycles. The van der Waals surface area contributed by atoms with E-state index in [-0.39, 0.29) is 22.8 Å². The van der Waals surface area contributed by atoms with Crippen LogP contribution in [-0.4, -0.2) is 31.8 Å². The zero-order valence-corrected chi connectivity index (χ0v) is 18.1. The van der Waals surface area contributed by atoms with Crippen LogP contribution in [0.3, 0.4) is 0 Å². The van der Waals surface area contributed by atoms with Crippen LogP contribution in [0.2, 0.25) is 0 Å². The number of Topliss-reactive ketones (excluding diaryl/α,β-unsaturated/α-hetero) is 1. The third kappa shape index (κ3) is 3.32. The molecule has 2 amide bonds. The Morgan fingerprint density at radius 1 is 1.16 bits per heavy atom. The average Bonchev–Trinajstić information content (AvgIpc) is 3.05. The number of fused-ring (bicyclic) bond motifs is 3. The van der Waals surface area contributed by atoms with E-state index in [9.17, 15) is 22.8 Å². The van der Waals surface area contributed by atoms with Crippen molar-refractivity contribution in [3.05, 3.63) is 47.5 Å². The maximum atomic E-state index is 12.7. The fraction of sp³-hybridized carbons (Fsp3) is 0.409. The van der Waals surface area contributed by atoms with Crippen LogP contribution in [-0.2, 0) is 19.2 Å². The maximum absolute atomic E-state index is 12.7. The van der Waals surface area contributed by atoms with Gasteiger partial charge in [0.05, 0.1) is 16.7 Å². The lowest BCUT2D eigenvalue weighted by atomic mass is 9.70. The first-order valence-electron chi connectivity index (χ1n) is 10.0. The van der Waals surface area contributed by atoms with Crippen LogP contribution in [0.25, 0.3) is 10.8 Å². The van der Waals surface area contributed by atoms with Crippen LogP contribution in [0, 0.1) is 16.7 Å². The van der Waals surface area contributed by atoms with E-state index >= 15 is 0 Å². The fourth-order valence-corrected chi connectivity index (χ4v) is 6.87. The number of hydrogen-bond donors (Lipinski definition) is 2. The standard InChI is InChI=1S/C22H24N2O6S/c1-21(2)14-9-10-22(21,17(25)11-14)12-31(28,29)30-24-20(27)16-8-4-6-13-5-3-7-15(18(13)16)19(23)26/h3-8,14H,9-12H2,1-2H3,(H2,23,26)(H,24,27). The number of rotatable bonds is 6. The second-order valence-corrected chi connectivity index (χ2v) is 10.5. The smallest absolute Gasteiger partial charge is 0.288 e. The van der Waals surface area contributed by atoms with E-state index < -0.39 is 38.5 Å². The summed E-state index contributed by atoms with van der Waals surface area (Å²) < 4.78 is 30.3. The molecule has 31 heavy (non-hydrogen) atoms. The summed E-state index contributed by atoms with van der Waals surface area (Å²) in [5.74, 6) is -1.93. The summed E-state index contributed by atoms with van der Waals surface area (Å²) in [6, 6.07) is 9.60. The fourth-order valence-electron chi connectivity index (χ4n) is 5.33. The largest absolute Gasteiger partial charge is 0.366 e. The maximum Gasteiger partial charge on any atom is 0.288 e. The van der Waals surface area contributed by atoms with Gasteiger partial charge in [0.2, 0.25) is 5.91 Å². The number of benzene rings is 2. The SMILES string of the molecule is CC1(C)C2CCC1(CS(=O)(=O)ONC(=O)c1cccc3cccc(C(N)=O)c13)C(=O)C2. The topological polar surface area (TPSA) is 133 Å². The van der Waals surface area contributed by atoms with Gasteiger partial charge in [0.1, 0.15) is 5.78 Å². The number of ketones is 1. The molecule has 2 unspecified atom stereocenters. The molecule has 2 fully saturated rings. The number of nitrogens with one attached hydrogen (secondary N) is 1. The van der Waals surface area contributed by atoms with E-state index in [0.717, 1.165) is 6.42 Å². The molecule has 2 aliphatic rings. The molecule has 164 valence electrons. The Hall–Kier alpha value is -2.78. The normalized spacial score (nSPS) is 24.5. The summed E-state index contributed by atoms with van der Waals surface area (Å²) in [5.41, 5.74) is 6.15. The summed E-state index contributed by atoms with van der Waals surface area (Å²) in [6.07, 6.45) is 1.67. The van der Waals surface area contributed by atoms with Gasteiger partial charge in [-0.1, -0.05) is 38.1 Å². The Kier molecular flexibility index (Phi) is 4.94. The number of primary amides is 1. The van der Waals surface area contributed by atoms with Crippen molar-refractivity contribution in [3.63, 3.8) is 0 Å². The summed E-state index contributed by atoms with van der Waals surface area (Å²) in [4.78, 5) is 37.2. The highest BCUT2D eigenvalue weighted by molar-refractivity contribution is 7.86. The van der Waals surface area contributed by atoms with Crippen molar-refractivity contribution in [3.8, 4) is 0 Å². The van der Waals surface area contributed by atoms with Gasteiger partial charge >= 0.3 is 0 Å². The first kappa shape index (κ1) is 21.5. The van der Waals surface area contributed by atoms with Crippen molar-refractivity contribution in [2.24, 2.45) is 22.5 Å². The summed E-state index contributed by atoms with van der Waals surface area (Å²) >= 11 is 0. The van der Waals surface area contributed by atoms with Crippen molar-refractivity contribution in [1.82, 2.24) is 5.48 Å². The lowest BCUT2D eigenvalue weighted by Crippen LogP contribution is -2.43. The highest BCUT2D eigenvalue weighted by atomic mass is 32.2. The van der Waals surface area contributed by atoms with Gasteiger partial charge in [-0.25, -0.2) is 5.48 Å². The monoisotopic (exact) mass is 444 g/mol. The van der Waals surface area contributed by atoms with Crippen molar-refractivity contribution in [2.45, 2.75) is 33.1 Å². The predicted octanol–water partition coefficient (Wildman–Crippen LogP) is 2.33. The second-order valence-electron chi connectivity index (χ2n) is 8.96. The molecule has 0 heterocycles. The van der Waals surface area contributed by atoms with Crippen LogP contribution < -0.4 is 11.2 Å². The average molecular weight is 445 g/mol. The first-order chi connectivity index (χ1) is 14.5. The number of carbonyl (C=O) groups is 3. The summed E-state index contributed by atoms with van der Waals surface area (Å²) in [6.45, 7) is 3.84. The molecule has 0 aliphatic heterocycles. The third-order valence-corrected chi connectivity index (χ3v) is 8.42. The van der Waals surface area contributed by atoms with Crippen molar-refractivity contribution < 1.29 is 27.1 Å². The predicted molar refractivity (Wildman–Crippen MR) is 113 cm³/mol. The minimum atomic E-state index is -4.24. The number of hydroxylamine groups is 1.